The fourth-order valence-electron chi connectivity index (χ4n) is 2.63. The minimum atomic E-state index is 0.0551. The zero-order valence-electron chi connectivity index (χ0n) is 11.3. The van der Waals surface area contributed by atoms with Gasteiger partial charge in [0.05, 0.1) is 0 Å². The molecule has 0 bridgehead atoms. The van der Waals surface area contributed by atoms with Crippen molar-refractivity contribution in [3.05, 3.63) is 48.0 Å². The molecule has 0 aliphatic heterocycles. The Labute approximate surface area is 117 Å². The maximum absolute atomic E-state index is 5.64. The van der Waals surface area contributed by atoms with Gasteiger partial charge in [-0.3, -0.25) is 0 Å². The van der Waals surface area contributed by atoms with Crippen molar-refractivity contribution >= 4 is 6.02 Å². The monoisotopic (exact) mass is 268 g/mol. The van der Waals surface area contributed by atoms with E-state index in [0.717, 1.165) is 18.4 Å². The second-order valence-corrected chi connectivity index (χ2v) is 4.78. The summed E-state index contributed by atoms with van der Waals surface area (Å²) in [6, 6.07) is 6.52. The molecule has 0 radical (unpaired) electrons. The van der Waals surface area contributed by atoms with E-state index >= 15 is 0 Å². The molecule has 5 nitrogen and oxygen atoms in total. The van der Waals surface area contributed by atoms with E-state index in [2.05, 4.69) is 33.2 Å². The third-order valence-electron chi connectivity index (χ3n) is 3.53. The molecular formula is C15H16N4O. The number of nitrogens with zero attached hydrogens (tertiary/aromatic N) is 3. The predicted molar refractivity (Wildman–Crippen MR) is 77.3 cm³/mol. The van der Waals surface area contributed by atoms with Crippen LogP contribution in [-0.4, -0.2) is 29.1 Å². The topological polar surface area (TPSA) is 73.4 Å². The molecule has 0 amide bonds. The third-order valence-corrected chi connectivity index (χ3v) is 3.53. The first-order valence-corrected chi connectivity index (χ1v) is 6.53. The predicted octanol–water partition coefficient (Wildman–Crippen LogP) is 1.57. The lowest BCUT2D eigenvalue weighted by Crippen LogP contribution is -2.24. The molecular weight excluding hydrogens is 252 g/mol. The van der Waals surface area contributed by atoms with Crippen molar-refractivity contribution in [1.82, 2.24) is 9.97 Å². The van der Waals surface area contributed by atoms with E-state index in [1.807, 2.05) is 12.4 Å². The molecule has 20 heavy (non-hydrogen) atoms. The minimum Gasteiger partial charge on any atom is -0.461 e. The first-order valence-electron chi connectivity index (χ1n) is 6.53. The second kappa shape index (κ2) is 5.28. The lowest BCUT2D eigenvalue weighted by Gasteiger charge is -2.11. The van der Waals surface area contributed by atoms with Gasteiger partial charge in [-0.2, -0.15) is 0 Å². The zero-order chi connectivity index (χ0) is 13.9. The van der Waals surface area contributed by atoms with Crippen molar-refractivity contribution in [3.8, 4) is 11.1 Å². The summed E-state index contributed by atoms with van der Waals surface area (Å²) >= 11 is 0. The van der Waals surface area contributed by atoms with Crippen LogP contribution < -0.4 is 5.73 Å². The highest BCUT2D eigenvalue weighted by Crippen LogP contribution is 2.32. The number of amidine groups is 1. The molecule has 1 aromatic heterocycles. The third kappa shape index (κ3) is 2.34. The van der Waals surface area contributed by atoms with E-state index in [1.54, 1.807) is 7.05 Å². The van der Waals surface area contributed by atoms with E-state index in [1.165, 1.54) is 23.0 Å². The average Bonchev–Trinajstić information content (AvgIpc) is 2.90. The molecule has 1 heterocycles. The maximum atomic E-state index is 5.64. The number of aliphatic imine (C=N–C) groups is 1. The van der Waals surface area contributed by atoms with Gasteiger partial charge in [-0.25, -0.2) is 15.0 Å². The van der Waals surface area contributed by atoms with Crippen LogP contribution in [0.2, 0.25) is 0 Å². The first kappa shape index (κ1) is 12.6. The number of ether oxygens (including phenoxy) is 1. The summed E-state index contributed by atoms with van der Waals surface area (Å²) in [6.07, 6.45) is 6.94. The van der Waals surface area contributed by atoms with Crippen molar-refractivity contribution in [3.63, 3.8) is 0 Å². The summed E-state index contributed by atoms with van der Waals surface area (Å²) in [6.45, 7) is 0. The minimum absolute atomic E-state index is 0.0551. The number of benzene rings is 1. The Kier molecular flexibility index (Phi) is 3.33. The van der Waals surface area contributed by atoms with Crippen molar-refractivity contribution in [2.75, 3.05) is 7.05 Å². The van der Waals surface area contributed by atoms with Gasteiger partial charge in [-0.1, -0.05) is 18.2 Å². The normalized spacial score (nSPS) is 17.9. The van der Waals surface area contributed by atoms with Gasteiger partial charge in [0.1, 0.15) is 12.4 Å². The molecule has 1 aromatic carbocycles. The van der Waals surface area contributed by atoms with Crippen LogP contribution in [0, 0.1) is 0 Å². The molecule has 1 unspecified atom stereocenters. The van der Waals surface area contributed by atoms with Crippen LogP contribution in [0.5, 0.6) is 0 Å². The van der Waals surface area contributed by atoms with Crippen molar-refractivity contribution in [2.45, 2.75) is 18.9 Å². The summed E-state index contributed by atoms with van der Waals surface area (Å²) in [5, 5.41) is 0. The van der Waals surface area contributed by atoms with E-state index in [0.29, 0.717) is 0 Å². The van der Waals surface area contributed by atoms with E-state index in [-0.39, 0.29) is 12.1 Å². The van der Waals surface area contributed by atoms with Gasteiger partial charge in [0.25, 0.3) is 6.02 Å². The SMILES string of the molecule is CN=C(N)OC1Cc2cccc(-c3cncnc3)c2C1. The molecule has 0 spiro atoms. The highest BCUT2D eigenvalue weighted by atomic mass is 16.5. The first-order chi connectivity index (χ1) is 9.78. The quantitative estimate of drug-likeness (QED) is 0.663. The number of hydrogen-bond acceptors (Lipinski definition) is 4. The summed E-state index contributed by atoms with van der Waals surface area (Å²) in [4.78, 5) is 12.0. The molecule has 2 N–H and O–H groups in total. The Hall–Kier alpha value is -2.43. The van der Waals surface area contributed by atoms with Crippen LogP contribution in [0.4, 0.5) is 0 Å². The molecule has 1 aliphatic rings. The molecule has 102 valence electrons. The molecule has 0 fully saturated rings. The Bertz CT molecular complexity index is 640. The van der Waals surface area contributed by atoms with Crippen LogP contribution in [0.15, 0.2) is 41.9 Å². The second-order valence-electron chi connectivity index (χ2n) is 4.78. The molecule has 0 saturated carbocycles. The van der Waals surface area contributed by atoms with E-state index < -0.39 is 0 Å². The van der Waals surface area contributed by atoms with Gasteiger partial charge in [-0.05, 0) is 16.7 Å². The molecule has 1 aliphatic carbocycles. The van der Waals surface area contributed by atoms with Crippen molar-refractivity contribution in [1.29, 1.82) is 0 Å². The average molecular weight is 268 g/mol. The smallest absolute Gasteiger partial charge is 0.281 e. The number of fused-ring (bicyclic) bond motifs is 1. The summed E-state index contributed by atoms with van der Waals surface area (Å²) < 4.78 is 5.63. The van der Waals surface area contributed by atoms with Gasteiger partial charge in [0.2, 0.25) is 0 Å². The van der Waals surface area contributed by atoms with E-state index in [4.69, 9.17) is 10.5 Å². The Morgan fingerprint density at radius 3 is 2.85 bits per heavy atom. The number of rotatable bonds is 2. The molecule has 2 aromatic rings. The molecule has 0 saturated heterocycles. The number of nitrogens with two attached hydrogens (primary N) is 1. The fourth-order valence-corrected chi connectivity index (χ4v) is 2.63. The highest BCUT2D eigenvalue weighted by molar-refractivity contribution is 5.72. The summed E-state index contributed by atoms with van der Waals surface area (Å²) in [7, 11) is 1.63. The van der Waals surface area contributed by atoms with Gasteiger partial charge < -0.3 is 10.5 Å². The number of hydrogen-bond donors (Lipinski definition) is 1. The van der Waals surface area contributed by atoms with Crippen LogP contribution >= 0.6 is 0 Å². The summed E-state index contributed by atoms with van der Waals surface area (Å²) in [5.41, 5.74) is 10.4. The fraction of sp³-hybridized carbons (Fsp3) is 0.267. The van der Waals surface area contributed by atoms with Crippen molar-refractivity contribution < 1.29 is 4.74 Å². The lowest BCUT2D eigenvalue weighted by molar-refractivity contribution is 0.196. The molecule has 1 atom stereocenters. The van der Waals surface area contributed by atoms with Gasteiger partial charge in [0.15, 0.2) is 0 Å². The Balaban J connectivity index is 1.91. The maximum Gasteiger partial charge on any atom is 0.281 e. The van der Waals surface area contributed by atoms with Crippen LogP contribution in [-0.2, 0) is 17.6 Å². The van der Waals surface area contributed by atoms with Gasteiger partial charge in [-0.15, -0.1) is 0 Å². The largest absolute Gasteiger partial charge is 0.461 e. The van der Waals surface area contributed by atoms with Crippen LogP contribution in [0.3, 0.4) is 0 Å². The van der Waals surface area contributed by atoms with Gasteiger partial charge >= 0.3 is 0 Å². The zero-order valence-corrected chi connectivity index (χ0v) is 11.3. The lowest BCUT2D eigenvalue weighted by atomic mass is 9.99. The van der Waals surface area contributed by atoms with Crippen LogP contribution in [0.25, 0.3) is 11.1 Å². The summed E-state index contributed by atoms with van der Waals surface area (Å²) in [5.74, 6) is 0. The van der Waals surface area contributed by atoms with Crippen molar-refractivity contribution in [2.24, 2.45) is 10.7 Å². The van der Waals surface area contributed by atoms with Crippen LogP contribution in [0.1, 0.15) is 11.1 Å². The standard InChI is InChI=1S/C15H16N4O/c1-17-15(16)20-12-5-10-3-2-4-13(14(10)6-12)11-7-18-9-19-8-11/h2-4,7-9,12H,5-6H2,1H3,(H2,16,17). The Morgan fingerprint density at radius 1 is 1.30 bits per heavy atom. The Morgan fingerprint density at radius 2 is 2.10 bits per heavy atom. The molecule has 5 heteroatoms. The highest BCUT2D eigenvalue weighted by Gasteiger charge is 2.26. The molecule has 3 rings (SSSR count). The van der Waals surface area contributed by atoms with E-state index in [9.17, 15) is 0 Å². The number of aromatic nitrogens is 2. The van der Waals surface area contributed by atoms with Gasteiger partial charge in [0, 0.05) is 37.8 Å².